The number of carboxylic acids is 1. The van der Waals surface area contributed by atoms with Crippen molar-refractivity contribution in [2.24, 2.45) is 0 Å². The highest BCUT2D eigenvalue weighted by atomic mass is 19.4. The Bertz CT molecular complexity index is 1590. The number of aryl methyl sites for hydroxylation is 1. The van der Waals surface area contributed by atoms with Gasteiger partial charge < -0.3 is 15.2 Å². The number of alkyl halides is 3. The number of benzene rings is 2. The molecule has 0 atom stereocenters. The van der Waals surface area contributed by atoms with Crippen LogP contribution >= 0.6 is 0 Å². The Morgan fingerprint density at radius 3 is 2.66 bits per heavy atom. The Hall–Kier alpha value is -5.18. The molecule has 0 bridgehead atoms. The summed E-state index contributed by atoms with van der Waals surface area (Å²) in [6.45, 7) is 8.75. The van der Waals surface area contributed by atoms with E-state index in [2.05, 4.69) is 25.2 Å². The van der Waals surface area contributed by atoms with Crippen LogP contribution in [0.4, 0.5) is 30.5 Å². The van der Waals surface area contributed by atoms with E-state index in [9.17, 15) is 18.0 Å². The summed E-state index contributed by atoms with van der Waals surface area (Å²) in [6, 6.07) is 12.3. The minimum Gasteiger partial charge on any atom is -0.498 e. The molecule has 0 spiro atoms. The Morgan fingerprint density at radius 2 is 2.00 bits per heavy atom. The first-order valence-electron chi connectivity index (χ1n) is 10.9. The van der Waals surface area contributed by atoms with Crippen molar-refractivity contribution in [1.29, 1.82) is 0 Å². The molecule has 4 rings (SSSR count). The van der Waals surface area contributed by atoms with Crippen molar-refractivity contribution in [2.75, 3.05) is 12.4 Å². The number of rotatable bonds is 7. The van der Waals surface area contributed by atoms with Gasteiger partial charge >= 0.3 is 12.1 Å². The van der Waals surface area contributed by atoms with Crippen LogP contribution in [0.2, 0.25) is 0 Å². The number of hydrogen-bond acceptors (Lipinski definition) is 6. The fourth-order valence-electron chi connectivity index (χ4n) is 3.57. The maximum absolute atomic E-state index is 13.4. The minimum absolute atomic E-state index is 0.0401. The quantitative estimate of drug-likeness (QED) is 0.225. The summed E-state index contributed by atoms with van der Waals surface area (Å²) in [6.07, 6.45) is -0.874. The van der Waals surface area contributed by atoms with Crippen molar-refractivity contribution >= 4 is 29.4 Å². The average Bonchev–Trinajstić information content (AvgIpc) is 3.29. The van der Waals surface area contributed by atoms with E-state index < -0.39 is 17.8 Å². The third-order valence-corrected chi connectivity index (χ3v) is 5.28. The number of carboxylic acid groups (broad SMARTS) is 1. The van der Waals surface area contributed by atoms with Gasteiger partial charge in [0.05, 0.1) is 13.7 Å². The summed E-state index contributed by atoms with van der Waals surface area (Å²) in [5, 5.41) is 15.6. The van der Waals surface area contributed by atoms with Crippen LogP contribution in [-0.4, -0.2) is 37.9 Å². The first kappa shape index (κ1) is 25.9. The third-order valence-electron chi connectivity index (χ3n) is 5.28. The lowest BCUT2D eigenvalue weighted by Crippen LogP contribution is -2.10. The summed E-state index contributed by atoms with van der Waals surface area (Å²) in [4.78, 5) is 23.1. The number of halogens is 3. The summed E-state index contributed by atoms with van der Waals surface area (Å²) in [5.41, 5.74) is 1.27. The van der Waals surface area contributed by atoms with Gasteiger partial charge in [-0.25, -0.2) is 19.3 Å². The van der Waals surface area contributed by atoms with E-state index in [1.165, 1.54) is 26.3 Å². The Labute approximate surface area is 214 Å². The molecule has 0 saturated carbocycles. The van der Waals surface area contributed by atoms with Crippen molar-refractivity contribution in [3.63, 3.8) is 0 Å². The molecule has 2 N–H and O–H groups in total. The Kier molecular flexibility index (Phi) is 7.11. The molecule has 2 aromatic carbocycles. The number of anilines is 2. The normalized spacial score (nSPS) is 11.4. The second-order valence-corrected chi connectivity index (χ2v) is 7.96. The zero-order valence-electron chi connectivity index (χ0n) is 20.0. The van der Waals surface area contributed by atoms with E-state index in [0.717, 1.165) is 16.8 Å². The van der Waals surface area contributed by atoms with Gasteiger partial charge in [0.1, 0.15) is 5.75 Å². The van der Waals surface area contributed by atoms with Gasteiger partial charge in [-0.3, -0.25) is 0 Å². The molecule has 0 unspecified atom stereocenters. The van der Waals surface area contributed by atoms with Crippen molar-refractivity contribution in [2.45, 2.75) is 13.1 Å². The molecule has 0 radical (unpaired) electrons. The molecule has 9 nitrogen and oxygen atoms in total. The molecule has 12 heteroatoms. The monoisotopic (exact) mass is 520 g/mol. The standard InChI is InChI=1S/C26H19F3N6O3/c1-15-9-22(26(27,28)29)34-35(15)24-21(17-6-4-5-16(10-17)7-8-23(36)37)14-31-25(33-24)32-19-11-18(30-2)12-20(13-19)38-3/h4-14H,1,3H3,(H,36,37)(H,31,32,33)/b8-7+. The van der Waals surface area contributed by atoms with Gasteiger partial charge in [-0.1, -0.05) is 18.2 Å². The lowest BCUT2D eigenvalue weighted by molar-refractivity contribution is -0.141. The number of hydrogen-bond donors (Lipinski definition) is 2. The predicted octanol–water partition coefficient (Wildman–Crippen LogP) is 6.06. The first-order chi connectivity index (χ1) is 18.1. The number of aromatic nitrogens is 4. The molecule has 2 heterocycles. The molecule has 0 saturated heterocycles. The topological polar surface area (TPSA) is 107 Å². The van der Waals surface area contributed by atoms with Crippen LogP contribution < -0.4 is 10.1 Å². The highest BCUT2D eigenvalue weighted by Gasteiger charge is 2.35. The second kappa shape index (κ2) is 10.4. The first-order valence-corrected chi connectivity index (χ1v) is 10.9. The van der Waals surface area contributed by atoms with Crippen LogP contribution in [-0.2, 0) is 11.0 Å². The molecular formula is C26H19F3N6O3. The fourth-order valence-corrected chi connectivity index (χ4v) is 3.57. The summed E-state index contributed by atoms with van der Waals surface area (Å²) < 4.78 is 46.5. The lowest BCUT2D eigenvalue weighted by atomic mass is 10.0. The van der Waals surface area contributed by atoms with Crippen molar-refractivity contribution < 1.29 is 27.8 Å². The summed E-state index contributed by atoms with van der Waals surface area (Å²) in [5.74, 6) is -0.607. The van der Waals surface area contributed by atoms with E-state index in [-0.39, 0.29) is 17.5 Å². The van der Waals surface area contributed by atoms with Gasteiger partial charge in [0.25, 0.3) is 0 Å². The number of nitrogens with one attached hydrogen (secondary N) is 1. The molecule has 192 valence electrons. The maximum atomic E-state index is 13.4. The number of nitrogens with zero attached hydrogens (tertiary/aromatic N) is 5. The van der Waals surface area contributed by atoms with Crippen LogP contribution in [0.3, 0.4) is 0 Å². The fraction of sp³-hybridized carbons (Fsp3) is 0.115. The molecule has 0 aliphatic rings. The van der Waals surface area contributed by atoms with E-state index in [0.29, 0.717) is 33.8 Å². The molecule has 0 amide bonds. The summed E-state index contributed by atoms with van der Waals surface area (Å²) >= 11 is 0. The van der Waals surface area contributed by atoms with Gasteiger partial charge in [0.2, 0.25) is 5.95 Å². The van der Waals surface area contributed by atoms with Gasteiger partial charge in [-0.05, 0) is 48.4 Å². The van der Waals surface area contributed by atoms with E-state index in [1.54, 1.807) is 42.5 Å². The zero-order chi connectivity index (χ0) is 27.4. The molecule has 4 aromatic rings. The number of aliphatic carboxylic acids is 1. The van der Waals surface area contributed by atoms with Crippen LogP contribution in [0.5, 0.6) is 5.75 Å². The van der Waals surface area contributed by atoms with Crippen molar-refractivity contribution in [1.82, 2.24) is 19.7 Å². The highest BCUT2D eigenvalue weighted by Crippen LogP contribution is 2.33. The highest BCUT2D eigenvalue weighted by molar-refractivity contribution is 5.86. The smallest absolute Gasteiger partial charge is 0.435 e. The summed E-state index contributed by atoms with van der Waals surface area (Å²) in [7, 11) is 1.45. The van der Waals surface area contributed by atoms with Gasteiger partial charge in [0.15, 0.2) is 17.2 Å². The maximum Gasteiger partial charge on any atom is 0.435 e. The Balaban J connectivity index is 1.85. The minimum atomic E-state index is -4.66. The molecule has 2 aromatic heterocycles. The van der Waals surface area contributed by atoms with Crippen LogP contribution in [0.25, 0.3) is 27.9 Å². The molecule has 0 aliphatic carbocycles. The lowest BCUT2D eigenvalue weighted by Gasteiger charge is -2.14. The van der Waals surface area contributed by atoms with Gasteiger partial charge in [-0.2, -0.15) is 23.3 Å². The number of carbonyl (C=O) groups is 1. The largest absolute Gasteiger partial charge is 0.498 e. The molecular weight excluding hydrogens is 501 g/mol. The van der Waals surface area contributed by atoms with Crippen LogP contribution in [0.15, 0.2) is 60.8 Å². The van der Waals surface area contributed by atoms with E-state index in [1.807, 2.05) is 0 Å². The molecule has 38 heavy (non-hydrogen) atoms. The average molecular weight is 520 g/mol. The number of methoxy groups -OCH3 is 1. The van der Waals surface area contributed by atoms with Gasteiger partial charge in [-0.15, -0.1) is 0 Å². The third kappa shape index (κ3) is 5.79. The molecule has 0 fully saturated rings. The number of ether oxygens (including phenoxy) is 1. The van der Waals surface area contributed by atoms with Crippen LogP contribution in [0.1, 0.15) is 17.0 Å². The molecule has 0 aliphatic heterocycles. The van der Waals surface area contributed by atoms with E-state index >= 15 is 0 Å². The van der Waals surface area contributed by atoms with Gasteiger partial charge in [0, 0.05) is 35.3 Å². The van der Waals surface area contributed by atoms with E-state index in [4.69, 9.17) is 16.4 Å². The zero-order valence-corrected chi connectivity index (χ0v) is 20.0. The second-order valence-electron chi connectivity index (χ2n) is 7.96. The van der Waals surface area contributed by atoms with Crippen LogP contribution in [0, 0.1) is 13.5 Å². The SMILES string of the molecule is [C-]#[N+]c1cc(Nc2ncc(-c3cccc(/C=C/C(=O)O)c3)c(-n3nc(C(F)(F)F)cc3C)n2)cc(OC)c1. The van der Waals surface area contributed by atoms with Crippen molar-refractivity contribution in [3.8, 4) is 22.7 Å². The predicted molar refractivity (Wildman–Crippen MR) is 134 cm³/mol. The Morgan fingerprint density at radius 1 is 1.21 bits per heavy atom. The van der Waals surface area contributed by atoms with Crippen molar-refractivity contribution in [3.05, 3.63) is 89.2 Å².